The first kappa shape index (κ1) is 21.1. The number of benzene rings is 2. The van der Waals surface area contributed by atoms with E-state index in [-0.39, 0.29) is 11.8 Å². The fourth-order valence-electron chi connectivity index (χ4n) is 3.81. The van der Waals surface area contributed by atoms with E-state index in [1.54, 1.807) is 37.4 Å². The summed E-state index contributed by atoms with van der Waals surface area (Å²) in [4.78, 5) is 15.4. The number of fused-ring (bicyclic) bond motifs is 1. The summed E-state index contributed by atoms with van der Waals surface area (Å²) in [6.45, 7) is 2.41. The Kier molecular flexibility index (Phi) is 5.74. The lowest BCUT2D eigenvalue weighted by Gasteiger charge is -2.28. The minimum atomic E-state index is -2.77. The maximum Gasteiger partial charge on any atom is 0.296 e. The first-order valence-electron chi connectivity index (χ1n) is 10.5. The molecule has 8 nitrogen and oxygen atoms in total. The SMILES string of the molecule is COc1cccc(Nc2nc(N3CCOCC3)cc(-n3c(C(F)F)nc4ccccc43)n2)c1. The lowest BCUT2D eigenvalue weighted by atomic mass is 10.3. The number of nitrogens with one attached hydrogen (secondary N) is 1. The van der Waals surface area contributed by atoms with Gasteiger partial charge in [0, 0.05) is 30.9 Å². The molecule has 1 aliphatic rings. The van der Waals surface area contributed by atoms with Crippen molar-refractivity contribution in [3.63, 3.8) is 0 Å². The van der Waals surface area contributed by atoms with Crippen molar-refractivity contribution in [2.45, 2.75) is 6.43 Å². The van der Waals surface area contributed by atoms with Crippen LogP contribution < -0.4 is 15.0 Å². The van der Waals surface area contributed by atoms with Crippen molar-refractivity contribution in [1.29, 1.82) is 0 Å². The average molecular weight is 452 g/mol. The number of anilines is 3. The Balaban J connectivity index is 1.65. The zero-order chi connectivity index (χ0) is 22.8. The number of ether oxygens (including phenoxy) is 2. The van der Waals surface area contributed by atoms with Crippen molar-refractivity contribution >= 4 is 28.5 Å². The molecule has 0 radical (unpaired) electrons. The van der Waals surface area contributed by atoms with Crippen LogP contribution in [0.3, 0.4) is 0 Å². The zero-order valence-electron chi connectivity index (χ0n) is 17.9. The molecule has 1 fully saturated rings. The van der Waals surface area contributed by atoms with Gasteiger partial charge in [-0.2, -0.15) is 9.97 Å². The molecule has 33 heavy (non-hydrogen) atoms. The van der Waals surface area contributed by atoms with E-state index < -0.39 is 6.43 Å². The van der Waals surface area contributed by atoms with Crippen molar-refractivity contribution in [3.05, 3.63) is 60.4 Å². The Hall–Kier alpha value is -3.79. The highest BCUT2D eigenvalue weighted by atomic mass is 19.3. The fourth-order valence-corrected chi connectivity index (χ4v) is 3.81. The maximum atomic E-state index is 14.0. The van der Waals surface area contributed by atoms with Crippen LogP contribution in [0.25, 0.3) is 16.9 Å². The molecule has 0 amide bonds. The van der Waals surface area contributed by atoms with E-state index in [0.29, 0.717) is 60.4 Å². The normalized spacial score (nSPS) is 14.1. The number of nitrogens with zero attached hydrogens (tertiary/aromatic N) is 5. The Labute approximate surface area is 188 Å². The van der Waals surface area contributed by atoms with Crippen LogP contribution >= 0.6 is 0 Å². The summed E-state index contributed by atoms with van der Waals surface area (Å²) in [5, 5.41) is 3.18. The largest absolute Gasteiger partial charge is 0.497 e. The average Bonchev–Trinajstić information content (AvgIpc) is 3.25. The van der Waals surface area contributed by atoms with Crippen LogP contribution in [-0.4, -0.2) is 52.9 Å². The van der Waals surface area contributed by atoms with Gasteiger partial charge in [0.2, 0.25) is 5.95 Å². The molecular formula is C23H22F2N6O2. The monoisotopic (exact) mass is 452 g/mol. The van der Waals surface area contributed by atoms with E-state index in [4.69, 9.17) is 9.47 Å². The molecule has 0 atom stereocenters. The quantitative estimate of drug-likeness (QED) is 0.466. The third-order valence-electron chi connectivity index (χ3n) is 5.37. The molecule has 0 aliphatic carbocycles. The second-order valence-corrected chi connectivity index (χ2v) is 7.46. The smallest absolute Gasteiger partial charge is 0.296 e. The van der Waals surface area contributed by atoms with Crippen molar-refractivity contribution in [3.8, 4) is 11.6 Å². The van der Waals surface area contributed by atoms with Gasteiger partial charge in [-0.05, 0) is 24.3 Å². The van der Waals surface area contributed by atoms with Gasteiger partial charge in [-0.15, -0.1) is 0 Å². The molecule has 2 aromatic carbocycles. The van der Waals surface area contributed by atoms with E-state index in [2.05, 4.69) is 20.3 Å². The number of morpholine rings is 1. The summed E-state index contributed by atoms with van der Waals surface area (Å²) in [7, 11) is 1.59. The second kappa shape index (κ2) is 8.99. The van der Waals surface area contributed by atoms with Gasteiger partial charge in [0.1, 0.15) is 17.4 Å². The van der Waals surface area contributed by atoms with Crippen LogP contribution in [0.2, 0.25) is 0 Å². The molecule has 10 heteroatoms. The van der Waals surface area contributed by atoms with E-state index in [0.717, 1.165) is 0 Å². The van der Waals surface area contributed by atoms with Crippen molar-refractivity contribution < 1.29 is 18.3 Å². The van der Waals surface area contributed by atoms with Gasteiger partial charge in [-0.1, -0.05) is 18.2 Å². The molecule has 0 saturated carbocycles. The highest BCUT2D eigenvalue weighted by Gasteiger charge is 2.23. The van der Waals surface area contributed by atoms with E-state index in [9.17, 15) is 8.78 Å². The minimum Gasteiger partial charge on any atom is -0.497 e. The summed E-state index contributed by atoms with van der Waals surface area (Å²) >= 11 is 0. The number of halogens is 2. The van der Waals surface area contributed by atoms with Gasteiger partial charge in [0.05, 0.1) is 31.4 Å². The molecule has 1 saturated heterocycles. The number of aromatic nitrogens is 4. The number of rotatable bonds is 6. The van der Waals surface area contributed by atoms with Crippen LogP contribution in [0, 0.1) is 0 Å². The molecule has 0 spiro atoms. The molecule has 4 aromatic rings. The van der Waals surface area contributed by atoms with Gasteiger partial charge in [-0.3, -0.25) is 4.57 Å². The predicted molar refractivity (Wildman–Crippen MR) is 121 cm³/mol. The predicted octanol–water partition coefficient (Wildman–Crippen LogP) is 4.34. The van der Waals surface area contributed by atoms with Crippen LogP contribution in [-0.2, 0) is 4.74 Å². The molecule has 3 heterocycles. The van der Waals surface area contributed by atoms with Gasteiger partial charge in [0.15, 0.2) is 5.82 Å². The summed E-state index contributed by atoms with van der Waals surface area (Å²) in [6.07, 6.45) is -2.77. The summed E-state index contributed by atoms with van der Waals surface area (Å²) in [5.74, 6) is 1.51. The second-order valence-electron chi connectivity index (χ2n) is 7.46. The summed E-state index contributed by atoms with van der Waals surface area (Å²) in [6, 6.07) is 16.0. The number of hydrogen-bond donors (Lipinski definition) is 1. The molecular weight excluding hydrogens is 430 g/mol. The van der Waals surface area contributed by atoms with Crippen LogP contribution in [0.1, 0.15) is 12.2 Å². The molecule has 5 rings (SSSR count). The molecule has 0 unspecified atom stereocenters. The molecule has 1 aliphatic heterocycles. The standard InChI is InChI=1S/C23H22F2N6O2/c1-32-16-6-4-5-15(13-16)26-23-28-19(30-9-11-33-12-10-30)14-20(29-23)31-18-8-3-2-7-17(18)27-22(31)21(24)25/h2-8,13-14,21H,9-12H2,1H3,(H,26,28,29). The Morgan fingerprint density at radius 1 is 0.970 bits per heavy atom. The first-order valence-corrected chi connectivity index (χ1v) is 10.5. The maximum absolute atomic E-state index is 14.0. The van der Waals surface area contributed by atoms with E-state index >= 15 is 0 Å². The summed E-state index contributed by atoms with van der Waals surface area (Å²) in [5.41, 5.74) is 1.73. The van der Waals surface area contributed by atoms with Crippen molar-refractivity contribution in [1.82, 2.24) is 19.5 Å². The molecule has 0 bridgehead atoms. The van der Waals surface area contributed by atoms with Crippen LogP contribution in [0.4, 0.5) is 26.2 Å². The van der Waals surface area contributed by atoms with Gasteiger partial charge in [-0.25, -0.2) is 13.8 Å². The van der Waals surface area contributed by atoms with Gasteiger partial charge in [0.25, 0.3) is 6.43 Å². The number of para-hydroxylation sites is 2. The Morgan fingerprint density at radius 3 is 2.55 bits per heavy atom. The summed E-state index contributed by atoms with van der Waals surface area (Å²) < 4.78 is 40.0. The lowest BCUT2D eigenvalue weighted by molar-refractivity contribution is 0.122. The van der Waals surface area contributed by atoms with Crippen LogP contribution in [0.15, 0.2) is 54.6 Å². The number of hydrogen-bond acceptors (Lipinski definition) is 7. The topological polar surface area (TPSA) is 77.3 Å². The Bertz CT molecular complexity index is 1270. The third kappa shape index (κ3) is 4.29. The minimum absolute atomic E-state index is 0.278. The third-order valence-corrected chi connectivity index (χ3v) is 5.37. The number of imidazole rings is 1. The Morgan fingerprint density at radius 2 is 1.76 bits per heavy atom. The highest BCUT2D eigenvalue weighted by Crippen LogP contribution is 2.30. The van der Waals surface area contributed by atoms with Gasteiger partial charge >= 0.3 is 0 Å². The number of alkyl halides is 2. The molecule has 1 N–H and O–H groups in total. The number of methoxy groups -OCH3 is 1. The van der Waals surface area contributed by atoms with E-state index in [1.807, 2.05) is 29.2 Å². The fraction of sp³-hybridized carbons (Fsp3) is 0.261. The zero-order valence-corrected chi connectivity index (χ0v) is 17.9. The van der Waals surface area contributed by atoms with Crippen molar-refractivity contribution in [2.75, 3.05) is 43.6 Å². The molecule has 170 valence electrons. The van der Waals surface area contributed by atoms with E-state index in [1.165, 1.54) is 4.57 Å². The van der Waals surface area contributed by atoms with Gasteiger partial charge < -0.3 is 19.7 Å². The van der Waals surface area contributed by atoms with Crippen molar-refractivity contribution in [2.24, 2.45) is 0 Å². The van der Waals surface area contributed by atoms with Crippen LogP contribution in [0.5, 0.6) is 5.75 Å². The highest BCUT2D eigenvalue weighted by molar-refractivity contribution is 5.78. The molecule has 2 aromatic heterocycles. The lowest BCUT2D eigenvalue weighted by Crippen LogP contribution is -2.37. The first-order chi connectivity index (χ1) is 16.1.